The van der Waals surface area contributed by atoms with Crippen LogP contribution in [0.4, 0.5) is 0 Å². The fourth-order valence-corrected chi connectivity index (χ4v) is 2.00. The molecule has 0 spiro atoms. The fraction of sp³-hybridized carbons (Fsp3) is 0.267. The largest absolute Gasteiger partial charge is 0.508 e. The minimum atomic E-state index is 0.325. The van der Waals surface area contributed by atoms with Gasteiger partial charge in [-0.3, -0.25) is 9.88 Å². The first-order valence-electron chi connectivity index (χ1n) is 6.39. The van der Waals surface area contributed by atoms with Crippen molar-refractivity contribution in [2.45, 2.75) is 13.1 Å². The lowest BCUT2D eigenvalue weighted by molar-refractivity contribution is 0.257. The molecule has 0 aliphatic heterocycles. The minimum Gasteiger partial charge on any atom is -0.508 e. The molecule has 0 fully saturated rings. The van der Waals surface area contributed by atoms with E-state index in [9.17, 15) is 5.11 Å². The van der Waals surface area contributed by atoms with E-state index in [1.54, 1.807) is 12.3 Å². The van der Waals surface area contributed by atoms with Crippen LogP contribution in [-0.2, 0) is 13.1 Å². The van der Waals surface area contributed by atoms with Crippen molar-refractivity contribution < 1.29 is 5.11 Å². The molecule has 4 heteroatoms. The van der Waals surface area contributed by atoms with E-state index in [1.165, 1.54) is 0 Å². The van der Waals surface area contributed by atoms with Gasteiger partial charge in [0.05, 0.1) is 5.69 Å². The van der Waals surface area contributed by atoms with Crippen molar-refractivity contribution in [1.29, 1.82) is 0 Å². The topological polar surface area (TPSA) is 62.4 Å². The number of phenolic OH excluding ortho intramolecular Hbond substituents is 1. The van der Waals surface area contributed by atoms with Gasteiger partial charge in [-0.25, -0.2) is 0 Å². The van der Waals surface area contributed by atoms with E-state index in [4.69, 9.17) is 5.73 Å². The molecule has 100 valence electrons. The first-order valence-corrected chi connectivity index (χ1v) is 6.39. The Labute approximate surface area is 113 Å². The summed E-state index contributed by atoms with van der Waals surface area (Å²) in [6, 6.07) is 13.3. The number of para-hydroxylation sites is 1. The molecular formula is C15H19N3O. The third kappa shape index (κ3) is 4.05. The summed E-state index contributed by atoms with van der Waals surface area (Å²) in [5.41, 5.74) is 7.57. The van der Waals surface area contributed by atoms with Gasteiger partial charge in [-0.05, 0) is 18.2 Å². The van der Waals surface area contributed by atoms with Crippen molar-refractivity contribution in [2.24, 2.45) is 5.73 Å². The van der Waals surface area contributed by atoms with Gasteiger partial charge < -0.3 is 10.8 Å². The van der Waals surface area contributed by atoms with Crippen LogP contribution in [0, 0.1) is 0 Å². The normalized spacial score (nSPS) is 10.8. The highest BCUT2D eigenvalue weighted by atomic mass is 16.3. The summed E-state index contributed by atoms with van der Waals surface area (Å²) in [6.07, 6.45) is 1.79. The number of nitrogens with two attached hydrogens (primary N) is 1. The summed E-state index contributed by atoms with van der Waals surface area (Å²) in [6.45, 7) is 2.75. The minimum absolute atomic E-state index is 0.325. The van der Waals surface area contributed by atoms with E-state index in [0.717, 1.165) is 24.3 Å². The number of benzene rings is 1. The monoisotopic (exact) mass is 257 g/mol. The molecule has 2 aromatic rings. The molecule has 0 aliphatic carbocycles. The summed E-state index contributed by atoms with van der Waals surface area (Å²) >= 11 is 0. The van der Waals surface area contributed by atoms with Crippen LogP contribution in [0.15, 0.2) is 48.7 Å². The highest BCUT2D eigenvalue weighted by Crippen LogP contribution is 2.18. The molecule has 1 heterocycles. The lowest BCUT2D eigenvalue weighted by atomic mass is 10.2. The van der Waals surface area contributed by atoms with Gasteiger partial charge in [-0.15, -0.1) is 0 Å². The second-order valence-electron chi connectivity index (χ2n) is 4.45. The van der Waals surface area contributed by atoms with Crippen LogP contribution in [0.2, 0.25) is 0 Å². The van der Waals surface area contributed by atoms with E-state index in [2.05, 4.69) is 9.88 Å². The van der Waals surface area contributed by atoms with Crippen molar-refractivity contribution in [2.75, 3.05) is 13.1 Å². The standard InChI is InChI=1S/C15H19N3O/c16-8-10-18(12-14-6-3-4-9-17-14)11-13-5-1-2-7-15(13)19/h1-7,9,19H,8,10-12,16H2. The van der Waals surface area contributed by atoms with Crippen LogP contribution in [0.1, 0.15) is 11.3 Å². The Kier molecular flexibility index (Phi) is 4.89. The number of rotatable bonds is 6. The van der Waals surface area contributed by atoms with Crippen LogP contribution in [-0.4, -0.2) is 28.1 Å². The molecule has 0 saturated heterocycles. The predicted octanol–water partition coefficient (Wildman–Crippen LogP) is 1.75. The first-order chi connectivity index (χ1) is 9.29. The van der Waals surface area contributed by atoms with E-state index in [1.807, 2.05) is 36.4 Å². The maximum atomic E-state index is 9.82. The Morgan fingerprint density at radius 1 is 1.05 bits per heavy atom. The zero-order chi connectivity index (χ0) is 13.5. The Bertz CT molecular complexity index is 502. The molecule has 0 saturated carbocycles. The van der Waals surface area contributed by atoms with E-state index >= 15 is 0 Å². The van der Waals surface area contributed by atoms with Gasteiger partial charge in [0.1, 0.15) is 5.75 Å². The SMILES string of the molecule is NCCN(Cc1ccccn1)Cc1ccccc1O. The Balaban J connectivity index is 2.06. The molecule has 0 amide bonds. The number of aromatic hydroxyl groups is 1. The average molecular weight is 257 g/mol. The maximum absolute atomic E-state index is 9.82. The lowest BCUT2D eigenvalue weighted by Crippen LogP contribution is -2.29. The van der Waals surface area contributed by atoms with E-state index < -0.39 is 0 Å². The third-order valence-electron chi connectivity index (χ3n) is 2.94. The zero-order valence-electron chi connectivity index (χ0n) is 10.9. The first kappa shape index (κ1) is 13.5. The summed E-state index contributed by atoms with van der Waals surface area (Å²) in [5, 5.41) is 9.82. The number of phenols is 1. The van der Waals surface area contributed by atoms with Crippen molar-refractivity contribution in [1.82, 2.24) is 9.88 Å². The van der Waals surface area contributed by atoms with Gasteiger partial charge >= 0.3 is 0 Å². The summed E-state index contributed by atoms with van der Waals surface area (Å²) < 4.78 is 0. The Morgan fingerprint density at radius 2 is 1.84 bits per heavy atom. The summed E-state index contributed by atoms with van der Waals surface area (Å²) in [5.74, 6) is 0.325. The number of hydrogen-bond acceptors (Lipinski definition) is 4. The van der Waals surface area contributed by atoms with Gasteiger partial charge in [0.15, 0.2) is 0 Å². The fourth-order valence-electron chi connectivity index (χ4n) is 2.00. The quantitative estimate of drug-likeness (QED) is 0.827. The predicted molar refractivity (Wildman–Crippen MR) is 75.5 cm³/mol. The average Bonchev–Trinajstić information content (AvgIpc) is 2.43. The maximum Gasteiger partial charge on any atom is 0.120 e. The Hall–Kier alpha value is -1.91. The second-order valence-corrected chi connectivity index (χ2v) is 4.45. The molecule has 0 radical (unpaired) electrons. The zero-order valence-corrected chi connectivity index (χ0v) is 10.9. The summed E-state index contributed by atoms with van der Waals surface area (Å²) in [4.78, 5) is 6.50. The van der Waals surface area contributed by atoms with Gasteiger partial charge in [-0.2, -0.15) is 0 Å². The Morgan fingerprint density at radius 3 is 2.53 bits per heavy atom. The molecule has 0 bridgehead atoms. The number of aromatic nitrogens is 1. The molecule has 3 N–H and O–H groups in total. The van der Waals surface area contributed by atoms with E-state index in [-0.39, 0.29) is 0 Å². The molecular weight excluding hydrogens is 238 g/mol. The van der Waals surface area contributed by atoms with Crippen LogP contribution in [0.5, 0.6) is 5.75 Å². The van der Waals surface area contributed by atoms with Gasteiger partial charge in [0.2, 0.25) is 0 Å². The number of hydrogen-bond donors (Lipinski definition) is 2. The third-order valence-corrected chi connectivity index (χ3v) is 2.94. The molecule has 19 heavy (non-hydrogen) atoms. The van der Waals surface area contributed by atoms with Crippen molar-refractivity contribution in [3.63, 3.8) is 0 Å². The van der Waals surface area contributed by atoms with Crippen LogP contribution in [0.3, 0.4) is 0 Å². The molecule has 0 aliphatic rings. The number of nitrogens with zero attached hydrogens (tertiary/aromatic N) is 2. The molecule has 4 nitrogen and oxygen atoms in total. The van der Waals surface area contributed by atoms with Crippen LogP contribution >= 0.6 is 0 Å². The molecule has 0 unspecified atom stereocenters. The molecule has 1 aromatic heterocycles. The number of pyridine rings is 1. The van der Waals surface area contributed by atoms with Crippen molar-refractivity contribution in [3.05, 3.63) is 59.9 Å². The molecule has 1 aromatic carbocycles. The second kappa shape index (κ2) is 6.87. The van der Waals surface area contributed by atoms with Crippen LogP contribution in [0.25, 0.3) is 0 Å². The highest BCUT2D eigenvalue weighted by Gasteiger charge is 2.09. The molecule has 2 rings (SSSR count). The lowest BCUT2D eigenvalue weighted by Gasteiger charge is -2.21. The molecule has 0 atom stereocenters. The van der Waals surface area contributed by atoms with Gasteiger partial charge in [0, 0.05) is 37.9 Å². The van der Waals surface area contributed by atoms with Crippen molar-refractivity contribution >= 4 is 0 Å². The van der Waals surface area contributed by atoms with Crippen molar-refractivity contribution in [3.8, 4) is 5.75 Å². The smallest absolute Gasteiger partial charge is 0.120 e. The van der Waals surface area contributed by atoms with Gasteiger partial charge in [0.25, 0.3) is 0 Å². The summed E-state index contributed by atoms with van der Waals surface area (Å²) in [7, 11) is 0. The van der Waals surface area contributed by atoms with Crippen LogP contribution < -0.4 is 5.73 Å². The van der Waals surface area contributed by atoms with Gasteiger partial charge in [-0.1, -0.05) is 24.3 Å². The van der Waals surface area contributed by atoms with E-state index in [0.29, 0.717) is 18.8 Å². The highest BCUT2D eigenvalue weighted by molar-refractivity contribution is 5.31.